The zero-order chi connectivity index (χ0) is 39.8. The summed E-state index contributed by atoms with van der Waals surface area (Å²) in [4.78, 5) is 4.02. The van der Waals surface area contributed by atoms with Crippen LogP contribution in [-0.2, 0) is 52.4 Å². The monoisotopic (exact) mass is 772 g/mol. The molecule has 4 rings (SSSR count). The number of aliphatic hydroxyl groups is 4. The first-order valence-corrected chi connectivity index (χ1v) is 17.8. The van der Waals surface area contributed by atoms with Gasteiger partial charge in [-0.1, -0.05) is 34.7 Å². The second-order valence-corrected chi connectivity index (χ2v) is 14.0. The summed E-state index contributed by atoms with van der Waals surface area (Å²) in [5.74, 6) is 12.9. The molecule has 0 aliphatic carbocycles. The lowest BCUT2D eigenvalue weighted by Crippen LogP contribution is -2.44. The molecule has 4 heterocycles. The van der Waals surface area contributed by atoms with Crippen LogP contribution in [0, 0.1) is 5.41 Å². The van der Waals surface area contributed by atoms with Gasteiger partial charge in [0, 0.05) is 106 Å². The molecule has 24 nitrogen and oxygen atoms in total. The maximum Gasteiger partial charge on any atom is 0.0967 e. The minimum Gasteiger partial charge on any atom is -0.400 e. The van der Waals surface area contributed by atoms with Gasteiger partial charge in [-0.05, 0) is 0 Å². The van der Waals surface area contributed by atoms with E-state index in [0.717, 1.165) is 0 Å². The number of aliphatic hydroxyl groups excluding tert-OH is 4. The molecule has 0 spiro atoms. The van der Waals surface area contributed by atoms with Gasteiger partial charge in [-0.25, -0.2) is 30.4 Å². The van der Waals surface area contributed by atoms with Crippen molar-refractivity contribution in [2.75, 3.05) is 52.6 Å². The summed E-state index contributed by atoms with van der Waals surface area (Å²) in [6.07, 6.45) is 10.4. The second-order valence-electron chi connectivity index (χ2n) is 14.0. The van der Waals surface area contributed by atoms with E-state index in [1.165, 1.54) is 10.0 Å². The van der Waals surface area contributed by atoms with E-state index in [-0.39, 0.29) is 26.4 Å². The first kappa shape index (κ1) is 42.7. The number of nitrogens with zero attached hydrogens (tertiary/aromatic N) is 16. The number of rotatable bonds is 26. The lowest BCUT2D eigenvalue weighted by molar-refractivity contribution is 0.173. The SMILES string of the molecule is CC(C)(CN(N)/C=C(\N)CN(Cc1cn(CCO)nn1)Cc1cn(CCO)nn1)CN(N)/C=C(\N)CN(Cc1cn(CCO)nn1)Cc1cn(CCO)nn1. The standard InChI is InChI=1S/C31H56N20O4/c1-31(2,23-46(34)13-25(32)11-44(15-27-19-48(3-7-52)40-36-27)16-28-20-49(4-8-53)41-37-28)24-47(35)14-26(33)12-45(17-29-21-50(5-9-54)42-38-29)18-30-22-51(6-10-55)43-39-30/h13-14,19-22,52-55H,3-12,15-18,23-24,32-35H2,1-2H3/b25-13-,26-14-. The third-order valence-electron chi connectivity index (χ3n) is 7.90. The topological polar surface area (TPSA) is 321 Å². The lowest BCUT2D eigenvalue weighted by Gasteiger charge is -2.33. The molecule has 4 aromatic rings. The van der Waals surface area contributed by atoms with Gasteiger partial charge in [0.25, 0.3) is 0 Å². The van der Waals surface area contributed by atoms with Crippen LogP contribution < -0.4 is 23.2 Å². The molecule has 0 atom stereocenters. The van der Waals surface area contributed by atoms with Crippen molar-refractivity contribution in [2.45, 2.75) is 66.2 Å². The van der Waals surface area contributed by atoms with E-state index < -0.39 is 5.41 Å². The molecule has 304 valence electrons. The van der Waals surface area contributed by atoms with Crippen molar-refractivity contribution in [3.8, 4) is 0 Å². The molecule has 0 aliphatic heterocycles. The molecule has 0 aliphatic rings. The molecule has 12 N–H and O–H groups in total. The molecule has 4 aromatic heterocycles. The molecule has 0 fully saturated rings. The quantitative estimate of drug-likeness (QED) is 0.0221. The van der Waals surface area contributed by atoms with Crippen LogP contribution in [0.1, 0.15) is 36.6 Å². The van der Waals surface area contributed by atoms with Crippen LogP contribution in [0.2, 0.25) is 0 Å². The first-order chi connectivity index (χ1) is 26.4. The fourth-order valence-corrected chi connectivity index (χ4v) is 5.90. The van der Waals surface area contributed by atoms with Crippen LogP contribution in [0.3, 0.4) is 0 Å². The normalized spacial score (nSPS) is 12.8. The van der Waals surface area contributed by atoms with E-state index in [1.54, 1.807) is 55.9 Å². The smallest absolute Gasteiger partial charge is 0.0967 e. The summed E-state index contributed by atoms with van der Waals surface area (Å²) in [5.41, 5.74) is 16.3. The van der Waals surface area contributed by atoms with Crippen LogP contribution in [-0.4, -0.2) is 153 Å². The van der Waals surface area contributed by atoms with Crippen molar-refractivity contribution in [3.63, 3.8) is 0 Å². The van der Waals surface area contributed by atoms with Gasteiger partial charge in [-0.15, -0.1) is 20.4 Å². The Labute approximate surface area is 318 Å². The molecule has 0 amide bonds. The van der Waals surface area contributed by atoms with Gasteiger partial charge in [-0.2, -0.15) is 0 Å². The zero-order valence-corrected chi connectivity index (χ0v) is 31.5. The van der Waals surface area contributed by atoms with E-state index in [9.17, 15) is 20.4 Å². The predicted molar refractivity (Wildman–Crippen MR) is 197 cm³/mol. The highest BCUT2D eigenvalue weighted by Gasteiger charge is 2.23. The lowest BCUT2D eigenvalue weighted by atomic mass is 9.93. The largest absolute Gasteiger partial charge is 0.400 e. The van der Waals surface area contributed by atoms with Crippen LogP contribution >= 0.6 is 0 Å². The molecule has 0 saturated carbocycles. The van der Waals surface area contributed by atoms with Crippen LogP contribution in [0.5, 0.6) is 0 Å². The Bertz CT molecular complexity index is 1550. The Kier molecular flexibility index (Phi) is 16.4. The fourth-order valence-electron chi connectivity index (χ4n) is 5.90. The number of hydrazine groups is 2. The van der Waals surface area contributed by atoms with Crippen molar-refractivity contribution in [1.82, 2.24) is 79.8 Å². The molecule has 0 bridgehead atoms. The first-order valence-electron chi connectivity index (χ1n) is 17.8. The highest BCUT2D eigenvalue weighted by atomic mass is 16.3. The van der Waals surface area contributed by atoms with Crippen molar-refractivity contribution in [3.05, 3.63) is 71.4 Å². The Hall–Kier alpha value is -5.08. The highest BCUT2D eigenvalue weighted by molar-refractivity contribution is 5.05. The van der Waals surface area contributed by atoms with Gasteiger partial charge in [0.05, 0.1) is 75.4 Å². The number of hydrogen-bond acceptors (Lipinski definition) is 20. The minimum atomic E-state index is -0.413. The van der Waals surface area contributed by atoms with Crippen molar-refractivity contribution in [1.29, 1.82) is 0 Å². The van der Waals surface area contributed by atoms with Crippen LogP contribution in [0.15, 0.2) is 48.6 Å². The van der Waals surface area contributed by atoms with Gasteiger partial charge in [0.2, 0.25) is 0 Å². The van der Waals surface area contributed by atoms with E-state index >= 15 is 0 Å². The molecule has 55 heavy (non-hydrogen) atoms. The average molecular weight is 773 g/mol. The summed E-state index contributed by atoms with van der Waals surface area (Å²) in [6.45, 7) is 8.18. The van der Waals surface area contributed by atoms with Gasteiger partial charge in [-0.3, -0.25) is 9.80 Å². The third kappa shape index (κ3) is 14.9. The average Bonchev–Trinajstić information content (AvgIpc) is 3.91. The Morgan fingerprint density at radius 2 is 0.836 bits per heavy atom. The van der Waals surface area contributed by atoms with E-state index in [1.807, 2.05) is 23.6 Å². The van der Waals surface area contributed by atoms with Crippen LogP contribution in [0.4, 0.5) is 0 Å². The minimum absolute atomic E-state index is 0.0547. The van der Waals surface area contributed by atoms with Gasteiger partial charge in [0.1, 0.15) is 0 Å². The molecular weight excluding hydrogens is 716 g/mol. The van der Waals surface area contributed by atoms with E-state index in [4.69, 9.17) is 23.2 Å². The van der Waals surface area contributed by atoms with Gasteiger partial charge < -0.3 is 41.9 Å². The number of aromatic nitrogens is 12. The molecule has 0 aromatic carbocycles. The van der Waals surface area contributed by atoms with Crippen LogP contribution in [0.25, 0.3) is 0 Å². The third-order valence-corrected chi connectivity index (χ3v) is 7.90. The maximum atomic E-state index is 9.26. The summed E-state index contributed by atoms with van der Waals surface area (Å²) in [6, 6.07) is 0. The molecule has 24 heteroatoms. The Morgan fingerprint density at radius 1 is 0.564 bits per heavy atom. The Morgan fingerprint density at radius 3 is 1.09 bits per heavy atom. The molecular formula is C31H56N20O4. The maximum absolute atomic E-state index is 9.26. The van der Waals surface area contributed by atoms with Crippen molar-refractivity contribution < 1.29 is 20.4 Å². The number of nitrogens with two attached hydrogens (primary N) is 4. The molecule has 0 unspecified atom stereocenters. The summed E-state index contributed by atoms with van der Waals surface area (Å²) in [5, 5.41) is 73.2. The summed E-state index contributed by atoms with van der Waals surface area (Å²) < 4.78 is 6.27. The second kappa shape index (κ2) is 21.1. The van der Waals surface area contributed by atoms with Gasteiger partial charge >= 0.3 is 0 Å². The summed E-state index contributed by atoms with van der Waals surface area (Å²) >= 11 is 0. The number of hydrogen-bond donors (Lipinski definition) is 8. The zero-order valence-electron chi connectivity index (χ0n) is 31.5. The van der Waals surface area contributed by atoms with E-state index in [2.05, 4.69) is 41.2 Å². The fraction of sp³-hybridized carbons (Fsp3) is 0.613. The van der Waals surface area contributed by atoms with Crippen molar-refractivity contribution in [2.24, 2.45) is 28.6 Å². The Balaban J connectivity index is 1.36. The predicted octanol–water partition coefficient (Wildman–Crippen LogP) is -4.30. The molecule has 0 radical (unpaired) electrons. The summed E-state index contributed by atoms with van der Waals surface area (Å²) in [7, 11) is 0. The van der Waals surface area contributed by atoms with E-state index in [0.29, 0.717) is 113 Å². The van der Waals surface area contributed by atoms with Gasteiger partial charge in [0.15, 0.2) is 0 Å². The molecule has 0 saturated heterocycles. The highest BCUT2D eigenvalue weighted by Crippen LogP contribution is 2.18. The van der Waals surface area contributed by atoms with Crippen molar-refractivity contribution >= 4 is 0 Å².